The summed E-state index contributed by atoms with van der Waals surface area (Å²) in [4.78, 5) is 9.61. The molecule has 0 radical (unpaired) electrons. The third-order valence-corrected chi connectivity index (χ3v) is 4.33. The van der Waals surface area contributed by atoms with Gasteiger partial charge in [-0.15, -0.1) is 16.4 Å². The number of pyridine rings is 1. The number of aryl methyl sites for hydroxylation is 1. The van der Waals surface area contributed by atoms with E-state index >= 15 is 0 Å². The zero-order chi connectivity index (χ0) is 14.8. The number of hydrogen-bond acceptors (Lipinski definition) is 6. The molecule has 0 unspecified atom stereocenters. The summed E-state index contributed by atoms with van der Waals surface area (Å²) in [6.07, 6.45) is 2.44. The first-order valence-corrected chi connectivity index (χ1v) is 7.35. The van der Waals surface area contributed by atoms with Crippen molar-refractivity contribution in [1.29, 1.82) is 5.26 Å². The third kappa shape index (κ3) is 2.51. The van der Waals surface area contributed by atoms with Crippen LogP contribution in [0.25, 0.3) is 22.0 Å². The Morgan fingerprint density at radius 2 is 2.29 bits per heavy atom. The van der Waals surface area contributed by atoms with Crippen molar-refractivity contribution in [2.75, 3.05) is 0 Å². The highest BCUT2D eigenvalue weighted by Crippen LogP contribution is 2.34. The monoisotopic (exact) mass is 316 g/mol. The zero-order valence-corrected chi connectivity index (χ0v) is 12.5. The smallest absolute Gasteiger partial charge is 0.165 e. The number of nitrogens with zero attached hydrogens (tertiary/aromatic N) is 5. The van der Waals surface area contributed by atoms with Gasteiger partial charge < -0.3 is 0 Å². The molecule has 0 fully saturated rings. The molecule has 3 aromatic heterocycles. The van der Waals surface area contributed by atoms with Crippen molar-refractivity contribution >= 4 is 22.9 Å². The Bertz CT molecular complexity index is 831. The van der Waals surface area contributed by atoms with E-state index in [0.717, 1.165) is 21.9 Å². The first-order chi connectivity index (χ1) is 10.2. The van der Waals surface area contributed by atoms with Crippen LogP contribution in [0.15, 0.2) is 18.3 Å². The normalized spacial score (nSPS) is 10.5. The van der Waals surface area contributed by atoms with Crippen LogP contribution in [0.3, 0.4) is 0 Å². The predicted molar refractivity (Wildman–Crippen MR) is 79.8 cm³/mol. The van der Waals surface area contributed by atoms with Gasteiger partial charge in [0.2, 0.25) is 0 Å². The summed E-state index contributed by atoms with van der Waals surface area (Å²) in [7, 11) is 0. The largest absolute Gasteiger partial charge is 0.247 e. The van der Waals surface area contributed by atoms with Gasteiger partial charge in [-0.2, -0.15) is 5.26 Å². The van der Waals surface area contributed by atoms with E-state index in [1.54, 1.807) is 23.6 Å². The maximum absolute atomic E-state index is 9.08. The van der Waals surface area contributed by atoms with Crippen molar-refractivity contribution in [2.24, 2.45) is 0 Å². The molecule has 6 nitrogen and oxygen atoms in total. The summed E-state index contributed by atoms with van der Waals surface area (Å²) in [6.45, 7) is 2.03. The predicted octanol–water partition coefficient (Wildman–Crippen LogP) is 3.08. The van der Waals surface area contributed by atoms with Crippen LogP contribution in [0, 0.1) is 11.3 Å². The van der Waals surface area contributed by atoms with E-state index in [2.05, 4.69) is 25.4 Å². The zero-order valence-electron chi connectivity index (χ0n) is 11.0. The van der Waals surface area contributed by atoms with E-state index < -0.39 is 0 Å². The van der Waals surface area contributed by atoms with Crippen LogP contribution in [-0.2, 0) is 6.42 Å². The molecule has 0 atom stereocenters. The molecule has 0 amide bonds. The number of hydrogen-bond donors (Lipinski definition) is 1. The minimum Gasteiger partial charge on any atom is -0.247 e. The lowest BCUT2D eigenvalue weighted by Gasteiger charge is -1.95. The molecule has 21 heavy (non-hydrogen) atoms. The highest BCUT2D eigenvalue weighted by atomic mass is 35.5. The highest BCUT2D eigenvalue weighted by Gasteiger charge is 2.19. The van der Waals surface area contributed by atoms with Gasteiger partial charge in [-0.05, 0) is 18.6 Å². The lowest BCUT2D eigenvalue weighted by molar-refractivity contribution is 0.936. The number of aromatic amines is 1. The standard InChI is InChI=1S/C13H9ClN6S/c1-2-9-12(11-8(6-15)18-20-19-11)17-13(21-9)7-3-4-16-10(14)5-7/h3-5H,2H2,1H3,(H,18,19,20). The van der Waals surface area contributed by atoms with Gasteiger partial charge in [-0.25, -0.2) is 15.1 Å². The van der Waals surface area contributed by atoms with Gasteiger partial charge in [0.15, 0.2) is 5.69 Å². The molecule has 8 heteroatoms. The van der Waals surface area contributed by atoms with Crippen molar-refractivity contribution < 1.29 is 0 Å². The second kappa shape index (κ2) is 5.60. The molecule has 1 N–H and O–H groups in total. The van der Waals surface area contributed by atoms with Crippen molar-refractivity contribution in [3.8, 4) is 28.0 Å². The Hall–Kier alpha value is -2.30. The van der Waals surface area contributed by atoms with Crippen LogP contribution in [0.1, 0.15) is 17.5 Å². The van der Waals surface area contributed by atoms with Gasteiger partial charge in [-0.1, -0.05) is 23.7 Å². The number of rotatable bonds is 3. The van der Waals surface area contributed by atoms with Crippen molar-refractivity contribution in [3.63, 3.8) is 0 Å². The second-order valence-corrected chi connectivity index (χ2v) is 5.63. The third-order valence-electron chi connectivity index (χ3n) is 2.88. The fraction of sp³-hybridized carbons (Fsp3) is 0.154. The topological polar surface area (TPSA) is 91.1 Å². The molecular weight excluding hydrogens is 308 g/mol. The molecule has 104 valence electrons. The van der Waals surface area contributed by atoms with Crippen LogP contribution < -0.4 is 0 Å². The summed E-state index contributed by atoms with van der Waals surface area (Å²) in [5.74, 6) is 0. The molecule has 0 aliphatic heterocycles. The summed E-state index contributed by atoms with van der Waals surface area (Å²) in [6, 6.07) is 5.65. The minimum absolute atomic E-state index is 0.314. The summed E-state index contributed by atoms with van der Waals surface area (Å²) in [5, 5.41) is 20.5. The van der Waals surface area contributed by atoms with Crippen LogP contribution in [-0.4, -0.2) is 25.4 Å². The molecule has 3 heterocycles. The van der Waals surface area contributed by atoms with Gasteiger partial charge in [-0.3, -0.25) is 0 Å². The number of nitrogens with one attached hydrogen (secondary N) is 1. The Morgan fingerprint density at radius 3 is 3.00 bits per heavy atom. The average molecular weight is 317 g/mol. The molecule has 0 bridgehead atoms. The van der Waals surface area contributed by atoms with E-state index in [9.17, 15) is 0 Å². The SMILES string of the molecule is CCc1sc(-c2ccnc(Cl)c2)nc1-c1nn[nH]c1C#N. The van der Waals surface area contributed by atoms with Crippen molar-refractivity contribution in [1.82, 2.24) is 25.4 Å². The fourth-order valence-electron chi connectivity index (χ4n) is 1.91. The first-order valence-electron chi connectivity index (χ1n) is 6.16. The Labute approximate surface area is 129 Å². The second-order valence-electron chi connectivity index (χ2n) is 4.16. The summed E-state index contributed by atoms with van der Waals surface area (Å²) >= 11 is 7.47. The molecule has 0 saturated carbocycles. The molecule has 0 saturated heterocycles. The number of aromatic nitrogens is 5. The molecule has 0 spiro atoms. The number of nitriles is 1. The van der Waals surface area contributed by atoms with Gasteiger partial charge in [0.05, 0.1) is 0 Å². The quantitative estimate of drug-likeness (QED) is 0.750. The Morgan fingerprint density at radius 1 is 1.43 bits per heavy atom. The van der Waals surface area contributed by atoms with E-state index in [1.807, 2.05) is 19.1 Å². The molecule has 3 rings (SSSR count). The first kappa shape index (κ1) is 13.7. The van der Waals surface area contributed by atoms with E-state index in [-0.39, 0.29) is 0 Å². The van der Waals surface area contributed by atoms with E-state index in [1.165, 1.54) is 0 Å². The lowest BCUT2D eigenvalue weighted by atomic mass is 10.2. The molecule has 0 aromatic carbocycles. The van der Waals surface area contributed by atoms with Crippen LogP contribution in [0.4, 0.5) is 0 Å². The fourth-order valence-corrected chi connectivity index (χ4v) is 3.08. The molecular formula is C13H9ClN6S. The van der Waals surface area contributed by atoms with Gasteiger partial charge in [0, 0.05) is 16.6 Å². The Balaban J connectivity index is 2.13. The van der Waals surface area contributed by atoms with Crippen molar-refractivity contribution in [2.45, 2.75) is 13.3 Å². The van der Waals surface area contributed by atoms with E-state index in [4.69, 9.17) is 16.9 Å². The van der Waals surface area contributed by atoms with Gasteiger partial charge in [0.1, 0.15) is 27.6 Å². The van der Waals surface area contributed by atoms with Crippen LogP contribution >= 0.6 is 22.9 Å². The molecule has 0 aliphatic rings. The van der Waals surface area contributed by atoms with Gasteiger partial charge in [0.25, 0.3) is 0 Å². The Kier molecular flexibility index (Phi) is 3.64. The molecule has 3 aromatic rings. The van der Waals surface area contributed by atoms with E-state index in [0.29, 0.717) is 22.2 Å². The minimum atomic E-state index is 0.314. The highest BCUT2D eigenvalue weighted by molar-refractivity contribution is 7.15. The number of thiazole rings is 1. The van der Waals surface area contributed by atoms with Crippen molar-refractivity contribution in [3.05, 3.63) is 34.1 Å². The summed E-state index contributed by atoms with van der Waals surface area (Å²) in [5.41, 5.74) is 2.38. The summed E-state index contributed by atoms with van der Waals surface area (Å²) < 4.78 is 0. The number of H-pyrrole nitrogens is 1. The average Bonchev–Trinajstić information content (AvgIpc) is 3.12. The molecule has 0 aliphatic carbocycles. The van der Waals surface area contributed by atoms with Gasteiger partial charge >= 0.3 is 0 Å². The lowest BCUT2D eigenvalue weighted by Crippen LogP contribution is -1.88. The van der Waals surface area contributed by atoms with Crippen LogP contribution in [0.2, 0.25) is 5.15 Å². The number of halogens is 1. The van der Waals surface area contributed by atoms with Crippen LogP contribution in [0.5, 0.6) is 0 Å². The maximum Gasteiger partial charge on any atom is 0.165 e. The maximum atomic E-state index is 9.08.